The van der Waals surface area contributed by atoms with E-state index >= 15 is 0 Å². The fourth-order valence-corrected chi connectivity index (χ4v) is 0.642. The predicted octanol–water partition coefficient (Wildman–Crippen LogP) is 1.36. The van der Waals surface area contributed by atoms with Crippen molar-refractivity contribution in [1.29, 1.82) is 0 Å². The van der Waals surface area contributed by atoms with Crippen LogP contribution in [0.2, 0.25) is 0 Å². The zero-order chi connectivity index (χ0) is 7.82. The van der Waals surface area contributed by atoms with Gasteiger partial charge in [0.25, 0.3) is 0 Å². The van der Waals surface area contributed by atoms with Crippen molar-refractivity contribution >= 4 is 5.91 Å². The second-order valence-electron chi connectivity index (χ2n) is 2.08. The Bertz CT molecular complexity index is 114. The van der Waals surface area contributed by atoms with Crippen LogP contribution in [0.4, 0.5) is 0 Å². The van der Waals surface area contributed by atoms with Crippen molar-refractivity contribution in [3.63, 3.8) is 0 Å². The van der Waals surface area contributed by atoms with Crippen LogP contribution in [0.15, 0.2) is 5.29 Å². The zero-order valence-electron chi connectivity index (χ0n) is 6.09. The number of nitroso groups, excluding NO2 is 1. The highest BCUT2D eigenvalue weighted by Crippen LogP contribution is 1.97. The fourth-order valence-electron chi connectivity index (χ4n) is 0.642. The molecule has 0 saturated heterocycles. The van der Waals surface area contributed by atoms with Gasteiger partial charge in [0.15, 0.2) is 0 Å². The quantitative estimate of drug-likeness (QED) is 0.360. The van der Waals surface area contributed by atoms with Gasteiger partial charge in [-0.1, -0.05) is 19.8 Å². The van der Waals surface area contributed by atoms with E-state index in [-0.39, 0.29) is 5.91 Å². The highest BCUT2D eigenvalue weighted by atomic mass is 16.3. The topological polar surface area (TPSA) is 58.5 Å². The number of amides is 1. The van der Waals surface area contributed by atoms with Gasteiger partial charge in [-0.3, -0.25) is 4.79 Å². The van der Waals surface area contributed by atoms with E-state index in [2.05, 4.69) is 12.2 Å². The van der Waals surface area contributed by atoms with Gasteiger partial charge in [-0.15, -0.1) is 4.91 Å². The molecule has 1 amide bonds. The standard InChI is InChI=1S/C6H12N2O2/c1-2-3-4-5-6(9)7-8-10/h2-5H2,1H3,(H,7,9,10). The molecule has 58 valence electrons. The lowest BCUT2D eigenvalue weighted by Gasteiger charge is -1.94. The molecule has 0 aromatic rings. The molecule has 0 fully saturated rings. The molecule has 0 aromatic carbocycles. The summed E-state index contributed by atoms with van der Waals surface area (Å²) in [5, 5.41) is 2.26. The van der Waals surface area contributed by atoms with Gasteiger partial charge < -0.3 is 0 Å². The molecule has 1 N–H and O–H groups in total. The molecule has 0 spiro atoms. The molecule has 0 bridgehead atoms. The monoisotopic (exact) mass is 144 g/mol. The van der Waals surface area contributed by atoms with E-state index in [1.165, 1.54) is 0 Å². The second kappa shape index (κ2) is 6.19. The highest BCUT2D eigenvalue weighted by Gasteiger charge is 1.97. The van der Waals surface area contributed by atoms with Crippen molar-refractivity contribution < 1.29 is 4.79 Å². The van der Waals surface area contributed by atoms with Gasteiger partial charge in [0.05, 0.1) is 5.29 Å². The molecule has 0 aromatic heterocycles. The number of hydrogen-bond acceptors (Lipinski definition) is 3. The van der Waals surface area contributed by atoms with Gasteiger partial charge in [0.1, 0.15) is 0 Å². The molecule has 0 unspecified atom stereocenters. The Balaban J connectivity index is 3.13. The Hall–Kier alpha value is -0.930. The van der Waals surface area contributed by atoms with Crippen molar-refractivity contribution in [2.24, 2.45) is 5.29 Å². The van der Waals surface area contributed by atoms with Crippen molar-refractivity contribution in [2.45, 2.75) is 32.6 Å². The maximum absolute atomic E-state index is 10.5. The van der Waals surface area contributed by atoms with Crippen molar-refractivity contribution in [2.75, 3.05) is 0 Å². The lowest BCUT2D eigenvalue weighted by atomic mass is 10.2. The van der Waals surface area contributed by atoms with Gasteiger partial charge in [0.2, 0.25) is 5.91 Å². The number of nitrogens with one attached hydrogen (secondary N) is 1. The first-order chi connectivity index (χ1) is 4.81. The van der Waals surface area contributed by atoms with Gasteiger partial charge in [-0.25, -0.2) is 5.43 Å². The molecule has 0 atom stereocenters. The zero-order valence-corrected chi connectivity index (χ0v) is 6.09. The van der Waals surface area contributed by atoms with Crippen molar-refractivity contribution in [1.82, 2.24) is 5.43 Å². The van der Waals surface area contributed by atoms with E-state index in [1.807, 2.05) is 5.43 Å². The maximum Gasteiger partial charge on any atom is 0.242 e. The fraction of sp³-hybridized carbons (Fsp3) is 0.833. The molecule has 4 nitrogen and oxygen atoms in total. The van der Waals surface area contributed by atoms with Crippen LogP contribution in [0.3, 0.4) is 0 Å². The molecule has 0 heterocycles. The van der Waals surface area contributed by atoms with E-state index in [1.54, 1.807) is 0 Å². The van der Waals surface area contributed by atoms with E-state index < -0.39 is 0 Å². The van der Waals surface area contributed by atoms with Crippen molar-refractivity contribution in [3.05, 3.63) is 4.91 Å². The number of unbranched alkanes of at least 4 members (excludes halogenated alkanes) is 2. The summed E-state index contributed by atoms with van der Waals surface area (Å²) in [6.07, 6.45) is 3.32. The minimum Gasteiger partial charge on any atom is -0.273 e. The van der Waals surface area contributed by atoms with Crippen LogP contribution in [0.25, 0.3) is 0 Å². The third kappa shape index (κ3) is 5.21. The first-order valence-electron chi connectivity index (χ1n) is 3.42. The molecule has 4 heteroatoms. The van der Waals surface area contributed by atoms with Gasteiger partial charge in [-0.2, -0.15) is 0 Å². The Morgan fingerprint density at radius 2 is 2.20 bits per heavy atom. The lowest BCUT2D eigenvalue weighted by molar-refractivity contribution is -0.121. The summed E-state index contributed by atoms with van der Waals surface area (Å²) >= 11 is 0. The van der Waals surface area contributed by atoms with Crippen molar-refractivity contribution in [3.8, 4) is 0 Å². The second-order valence-corrected chi connectivity index (χ2v) is 2.08. The van der Waals surface area contributed by atoms with E-state index in [0.717, 1.165) is 19.3 Å². The van der Waals surface area contributed by atoms with Crippen LogP contribution in [0.1, 0.15) is 32.6 Å². The molecule has 0 radical (unpaired) electrons. The minimum absolute atomic E-state index is 0.288. The summed E-state index contributed by atoms with van der Waals surface area (Å²) in [5.41, 5.74) is 1.83. The van der Waals surface area contributed by atoms with E-state index in [0.29, 0.717) is 6.42 Å². The number of carbonyl (C=O) groups is 1. The predicted molar refractivity (Wildman–Crippen MR) is 38.1 cm³/mol. The lowest BCUT2D eigenvalue weighted by Crippen LogP contribution is -2.15. The number of carbonyl (C=O) groups excluding carboxylic acids is 1. The first kappa shape index (κ1) is 9.07. The maximum atomic E-state index is 10.5. The van der Waals surface area contributed by atoms with Gasteiger partial charge in [0, 0.05) is 6.42 Å². The molecular weight excluding hydrogens is 132 g/mol. The van der Waals surface area contributed by atoms with Gasteiger partial charge in [-0.05, 0) is 6.42 Å². The number of nitrogens with zero attached hydrogens (tertiary/aromatic N) is 1. The van der Waals surface area contributed by atoms with Crippen LogP contribution < -0.4 is 5.43 Å². The largest absolute Gasteiger partial charge is 0.273 e. The van der Waals surface area contributed by atoms with Crippen LogP contribution in [0.5, 0.6) is 0 Å². The number of rotatable bonds is 5. The number of hydrogen-bond donors (Lipinski definition) is 1. The summed E-state index contributed by atoms with van der Waals surface area (Å²) in [6.45, 7) is 2.05. The highest BCUT2D eigenvalue weighted by molar-refractivity contribution is 5.75. The van der Waals surface area contributed by atoms with Crippen LogP contribution in [-0.2, 0) is 4.79 Å². The molecule has 0 rings (SSSR count). The summed E-state index contributed by atoms with van der Waals surface area (Å²) in [5.74, 6) is -0.288. The Morgan fingerprint density at radius 1 is 1.50 bits per heavy atom. The van der Waals surface area contributed by atoms with Crippen LogP contribution in [-0.4, -0.2) is 5.91 Å². The molecule has 0 saturated carbocycles. The molecule has 0 aliphatic rings. The smallest absolute Gasteiger partial charge is 0.242 e. The summed E-state index contributed by atoms with van der Waals surface area (Å²) in [4.78, 5) is 20.0. The Labute approximate surface area is 59.9 Å². The minimum atomic E-state index is -0.288. The van der Waals surface area contributed by atoms with Gasteiger partial charge >= 0.3 is 0 Å². The Kier molecular flexibility index (Phi) is 5.62. The molecular formula is C6H12N2O2. The van der Waals surface area contributed by atoms with E-state index in [9.17, 15) is 9.70 Å². The average molecular weight is 144 g/mol. The molecule has 0 aliphatic carbocycles. The Morgan fingerprint density at radius 3 is 2.70 bits per heavy atom. The van der Waals surface area contributed by atoms with E-state index in [4.69, 9.17) is 0 Å². The summed E-state index contributed by atoms with van der Waals surface area (Å²) in [7, 11) is 0. The van der Waals surface area contributed by atoms with Crippen LogP contribution in [0, 0.1) is 4.91 Å². The molecule has 0 aliphatic heterocycles. The van der Waals surface area contributed by atoms with Crippen LogP contribution >= 0.6 is 0 Å². The third-order valence-electron chi connectivity index (χ3n) is 1.18. The SMILES string of the molecule is CCCCCC(=O)NN=O. The molecule has 10 heavy (non-hydrogen) atoms. The first-order valence-corrected chi connectivity index (χ1v) is 3.42. The average Bonchev–Trinajstić information content (AvgIpc) is 1.89. The normalized spacial score (nSPS) is 8.90. The summed E-state index contributed by atoms with van der Waals surface area (Å²) in [6, 6.07) is 0. The summed E-state index contributed by atoms with van der Waals surface area (Å²) < 4.78 is 0. The third-order valence-corrected chi connectivity index (χ3v) is 1.18.